The first-order chi connectivity index (χ1) is 16.2. The lowest BCUT2D eigenvalue weighted by molar-refractivity contribution is 0.0942. The largest absolute Gasteiger partial charge is 0.381 e. The van der Waals surface area contributed by atoms with Gasteiger partial charge in [0.25, 0.3) is 11.8 Å². The van der Waals surface area contributed by atoms with Gasteiger partial charge >= 0.3 is 0 Å². The van der Waals surface area contributed by atoms with Crippen LogP contribution in [-0.4, -0.2) is 37.6 Å². The Bertz CT molecular complexity index is 1090. The number of amides is 2. The molecular formula is C28H35BrN2O3. The second-order valence-electron chi connectivity index (χ2n) is 9.26. The maximum atomic E-state index is 12.2. The first-order valence-corrected chi connectivity index (χ1v) is 12.6. The van der Waals surface area contributed by atoms with Gasteiger partial charge in [0, 0.05) is 34.8 Å². The van der Waals surface area contributed by atoms with Crippen molar-refractivity contribution in [1.82, 2.24) is 10.6 Å². The summed E-state index contributed by atoms with van der Waals surface area (Å²) in [5.41, 5.74) is 7.02. The number of methoxy groups -OCH3 is 1. The molecule has 0 aliphatic heterocycles. The fraction of sp³-hybridized carbons (Fsp3) is 0.429. The number of ether oxygens (including phenoxy) is 1. The maximum absolute atomic E-state index is 12.2. The van der Waals surface area contributed by atoms with E-state index in [4.69, 9.17) is 4.74 Å². The zero-order valence-electron chi connectivity index (χ0n) is 20.8. The van der Waals surface area contributed by atoms with Crippen molar-refractivity contribution in [2.45, 2.75) is 65.5 Å². The number of nitrogens with one attached hydrogen (secondary N) is 2. The van der Waals surface area contributed by atoms with Gasteiger partial charge in [0.1, 0.15) is 0 Å². The van der Waals surface area contributed by atoms with E-state index in [-0.39, 0.29) is 11.8 Å². The summed E-state index contributed by atoms with van der Waals surface area (Å²) in [5.74, 6) is 0.101. The number of hydrogen-bond acceptors (Lipinski definition) is 3. The fourth-order valence-electron chi connectivity index (χ4n) is 3.53. The van der Waals surface area contributed by atoms with Crippen molar-refractivity contribution in [2.24, 2.45) is 0 Å². The van der Waals surface area contributed by atoms with Crippen LogP contribution in [0.4, 0.5) is 0 Å². The van der Waals surface area contributed by atoms with Crippen LogP contribution >= 0.6 is 15.9 Å². The average molecular weight is 528 g/mol. The molecule has 2 aromatic carbocycles. The van der Waals surface area contributed by atoms with Gasteiger partial charge in [-0.25, -0.2) is 0 Å². The molecule has 0 spiro atoms. The second kappa shape index (κ2) is 11.8. The van der Waals surface area contributed by atoms with Crippen molar-refractivity contribution >= 4 is 33.8 Å². The minimum absolute atomic E-state index is 0.0464. The summed E-state index contributed by atoms with van der Waals surface area (Å²) in [6.45, 7) is 8.63. The third kappa shape index (κ3) is 7.54. The predicted octanol–water partition coefficient (Wildman–Crippen LogP) is 5.81. The Morgan fingerprint density at radius 3 is 1.88 bits per heavy atom. The van der Waals surface area contributed by atoms with Crippen LogP contribution in [0.3, 0.4) is 0 Å². The van der Waals surface area contributed by atoms with Crippen LogP contribution in [0.25, 0.3) is 6.08 Å². The smallest absolute Gasteiger partial charge is 0.251 e. The Balaban J connectivity index is 0.000000196. The SMILES string of the molecule is COCC=Cc1cc(C)c(C)c(C(=O)NC2CC2)c1.Cc1cc(Br)cc(C(=O)NC2CC2)c1C. The van der Waals surface area contributed by atoms with Crippen LogP contribution in [0.1, 0.15) is 74.2 Å². The molecule has 0 radical (unpaired) electrons. The molecule has 6 heteroatoms. The minimum Gasteiger partial charge on any atom is -0.381 e. The highest BCUT2D eigenvalue weighted by atomic mass is 79.9. The van der Waals surface area contributed by atoms with Crippen LogP contribution in [0.5, 0.6) is 0 Å². The molecule has 2 saturated carbocycles. The standard InChI is InChI=1S/C16H21NO2.C12H14BrNO/c1-11-9-13(5-4-8-19-3)10-15(12(11)2)16(18)17-14-6-7-14;1-7-5-9(13)6-11(8(7)2)12(15)14-10-3-4-10/h4-5,9-10,14H,6-8H2,1-3H3,(H,17,18);5-6,10H,3-4H2,1-2H3,(H,14,15). The van der Waals surface area contributed by atoms with E-state index in [1.54, 1.807) is 7.11 Å². The first kappa shape index (κ1) is 26.2. The monoisotopic (exact) mass is 526 g/mol. The molecular weight excluding hydrogens is 492 g/mol. The van der Waals surface area contributed by atoms with Crippen LogP contribution in [0, 0.1) is 27.7 Å². The highest BCUT2D eigenvalue weighted by molar-refractivity contribution is 9.10. The molecule has 2 amide bonds. The predicted molar refractivity (Wildman–Crippen MR) is 141 cm³/mol. The van der Waals surface area contributed by atoms with Crippen LogP contribution < -0.4 is 10.6 Å². The molecule has 5 nitrogen and oxygen atoms in total. The summed E-state index contributed by atoms with van der Waals surface area (Å²) in [4.78, 5) is 24.1. The molecule has 4 rings (SSSR count). The van der Waals surface area contributed by atoms with Crippen LogP contribution in [0.2, 0.25) is 0 Å². The molecule has 2 aromatic rings. The Morgan fingerprint density at radius 1 is 0.882 bits per heavy atom. The van der Waals surface area contributed by atoms with Crippen LogP contribution in [-0.2, 0) is 4.74 Å². The third-order valence-electron chi connectivity index (χ3n) is 6.21. The average Bonchev–Trinajstić information content (AvgIpc) is 3.71. The van der Waals surface area contributed by atoms with Gasteiger partial charge in [-0.3, -0.25) is 9.59 Å². The zero-order valence-corrected chi connectivity index (χ0v) is 22.3. The summed E-state index contributed by atoms with van der Waals surface area (Å²) in [6.07, 6.45) is 8.40. The van der Waals surface area contributed by atoms with Gasteiger partial charge in [0.2, 0.25) is 0 Å². The van der Waals surface area contributed by atoms with E-state index in [9.17, 15) is 9.59 Å². The molecule has 0 bridgehead atoms. The number of hydrogen-bond donors (Lipinski definition) is 2. The van der Waals surface area contributed by atoms with Crippen molar-refractivity contribution in [2.75, 3.05) is 13.7 Å². The number of benzene rings is 2. The molecule has 0 aromatic heterocycles. The number of carbonyl (C=O) groups is 2. The molecule has 2 aliphatic rings. The number of carbonyl (C=O) groups excluding carboxylic acids is 2. The van der Waals surface area contributed by atoms with E-state index >= 15 is 0 Å². The lowest BCUT2D eigenvalue weighted by Gasteiger charge is -2.11. The van der Waals surface area contributed by atoms with Crippen molar-refractivity contribution < 1.29 is 14.3 Å². The Morgan fingerprint density at radius 2 is 1.38 bits per heavy atom. The van der Waals surface area contributed by atoms with Gasteiger partial charge in [0.15, 0.2) is 0 Å². The quantitative estimate of drug-likeness (QED) is 0.478. The van der Waals surface area contributed by atoms with Crippen molar-refractivity contribution in [3.8, 4) is 0 Å². The molecule has 2 aliphatic carbocycles. The Kier molecular flexibility index (Phi) is 9.09. The van der Waals surface area contributed by atoms with Gasteiger partial charge in [-0.2, -0.15) is 0 Å². The normalized spacial score (nSPS) is 15.0. The maximum Gasteiger partial charge on any atom is 0.251 e. The van der Waals surface area contributed by atoms with E-state index in [1.165, 1.54) is 0 Å². The third-order valence-corrected chi connectivity index (χ3v) is 6.67. The summed E-state index contributed by atoms with van der Waals surface area (Å²) in [7, 11) is 1.67. The number of halogens is 1. The van der Waals surface area contributed by atoms with E-state index < -0.39 is 0 Å². The van der Waals surface area contributed by atoms with Crippen molar-refractivity contribution in [1.29, 1.82) is 0 Å². The van der Waals surface area contributed by atoms with Gasteiger partial charge in [0.05, 0.1) is 6.61 Å². The molecule has 0 saturated heterocycles. The molecule has 182 valence electrons. The van der Waals surface area contributed by atoms with Gasteiger partial charge < -0.3 is 15.4 Å². The molecule has 2 N–H and O–H groups in total. The molecule has 34 heavy (non-hydrogen) atoms. The lowest BCUT2D eigenvalue weighted by Crippen LogP contribution is -2.26. The summed E-state index contributed by atoms with van der Waals surface area (Å²) < 4.78 is 5.95. The molecule has 0 unspecified atom stereocenters. The van der Waals surface area contributed by atoms with Gasteiger partial charge in [-0.15, -0.1) is 0 Å². The lowest BCUT2D eigenvalue weighted by atomic mass is 9.98. The summed E-state index contributed by atoms with van der Waals surface area (Å²) in [6, 6.07) is 8.77. The van der Waals surface area contributed by atoms with Crippen molar-refractivity contribution in [3.05, 3.63) is 73.8 Å². The van der Waals surface area contributed by atoms with Gasteiger partial charge in [-0.05, 0) is 99.4 Å². The first-order valence-electron chi connectivity index (χ1n) is 11.8. The molecule has 0 atom stereocenters. The molecule has 0 heterocycles. The highest BCUT2D eigenvalue weighted by Gasteiger charge is 2.25. The Hall–Kier alpha value is -2.44. The van der Waals surface area contributed by atoms with E-state index in [0.717, 1.165) is 69.1 Å². The zero-order chi connectivity index (χ0) is 24.8. The van der Waals surface area contributed by atoms with E-state index in [0.29, 0.717) is 18.7 Å². The summed E-state index contributed by atoms with van der Waals surface area (Å²) in [5, 5.41) is 6.05. The topological polar surface area (TPSA) is 67.4 Å². The van der Waals surface area contributed by atoms with E-state index in [2.05, 4.69) is 32.6 Å². The van der Waals surface area contributed by atoms with Crippen molar-refractivity contribution in [3.63, 3.8) is 0 Å². The molecule has 2 fully saturated rings. The summed E-state index contributed by atoms with van der Waals surface area (Å²) >= 11 is 3.42. The van der Waals surface area contributed by atoms with Gasteiger partial charge in [-0.1, -0.05) is 34.1 Å². The minimum atomic E-state index is 0.0464. The highest BCUT2D eigenvalue weighted by Crippen LogP contribution is 2.24. The number of rotatable bonds is 7. The van der Waals surface area contributed by atoms with E-state index in [1.807, 2.05) is 58.0 Å². The fourth-order valence-corrected chi connectivity index (χ4v) is 4.10. The number of aryl methyl sites for hydroxylation is 2. The van der Waals surface area contributed by atoms with Crippen LogP contribution in [0.15, 0.2) is 34.8 Å². The Labute approximate surface area is 211 Å². The second-order valence-corrected chi connectivity index (χ2v) is 10.2.